The van der Waals surface area contributed by atoms with Crippen LogP contribution in [0.1, 0.15) is 43.4 Å². The highest BCUT2D eigenvalue weighted by Crippen LogP contribution is 2.48. The van der Waals surface area contributed by atoms with E-state index in [0.29, 0.717) is 23.4 Å². The van der Waals surface area contributed by atoms with Crippen molar-refractivity contribution in [3.63, 3.8) is 0 Å². The van der Waals surface area contributed by atoms with Gasteiger partial charge in [0.1, 0.15) is 11.6 Å². The topological polar surface area (TPSA) is 83.3 Å². The smallest absolute Gasteiger partial charge is 0.164 e. The Labute approximate surface area is 194 Å². The van der Waals surface area contributed by atoms with Crippen LogP contribution in [-0.4, -0.2) is 11.5 Å². The normalized spacial score (nSPS) is 19.2. The van der Waals surface area contributed by atoms with E-state index in [2.05, 4.69) is 35.6 Å². The quantitative estimate of drug-likeness (QED) is 0.408. The van der Waals surface area contributed by atoms with Crippen molar-refractivity contribution in [3.05, 3.63) is 67.9 Å². The molecule has 1 aliphatic carbocycles. The number of allylic oxidation sites excluding steroid dienone is 3. The van der Waals surface area contributed by atoms with Gasteiger partial charge in [-0.05, 0) is 78.4 Å². The molecule has 0 saturated heterocycles. The first-order chi connectivity index (χ1) is 14.5. The fraction of sp³-hybridized carbons (Fsp3) is 0.304. The van der Waals surface area contributed by atoms with Crippen LogP contribution in [0.5, 0.6) is 0 Å². The number of nitrogens with two attached hydrogens (primary N) is 1. The molecule has 2 aliphatic rings. The van der Waals surface area contributed by atoms with Crippen molar-refractivity contribution in [1.29, 1.82) is 5.26 Å². The van der Waals surface area contributed by atoms with E-state index in [1.165, 1.54) is 0 Å². The maximum absolute atomic E-state index is 13.2. The summed E-state index contributed by atoms with van der Waals surface area (Å²) < 4.78 is 7.03. The number of ketones is 1. The third-order valence-electron chi connectivity index (χ3n) is 5.43. The Morgan fingerprint density at radius 3 is 2.73 bits per heavy atom. The Bertz CT molecular complexity index is 1110. The number of carbonyl (C=O) groups is 1. The number of carbonyl (C=O) groups excluding carboxylic acids is 1. The van der Waals surface area contributed by atoms with Crippen LogP contribution in [0.25, 0.3) is 0 Å². The number of hydrogen-bond acceptors (Lipinski definition) is 6. The van der Waals surface area contributed by atoms with E-state index in [0.717, 1.165) is 50.0 Å². The first-order valence-electron chi connectivity index (χ1n) is 9.91. The van der Waals surface area contributed by atoms with Crippen LogP contribution in [0, 0.1) is 21.8 Å². The van der Waals surface area contributed by atoms with Gasteiger partial charge < -0.3 is 10.2 Å². The fourth-order valence-corrected chi connectivity index (χ4v) is 5.40. The standard InChI is InChI=1S/C23H22IN3O2S/c1-3-30-23-16(11-13(2)29-23)20-17(12-25)22(26)27(15-9-7-14(24)8-10-15)18-5-4-6-19(28)21(18)20/h7-11,20H,3-6,26H2,1-2H3. The monoisotopic (exact) mass is 531 g/mol. The van der Waals surface area contributed by atoms with Crippen molar-refractivity contribution in [2.75, 3.05) is 10.7 Å². The minimum atomic E-state index is -0.482. The molecule has 1 atom stereocenters. The summed E-state index contributed by atoms with van der Waals surface area (Å²) in [7, 11) is 0. The molecule has 0 radical (unpaired) electrons. The number of thioether (sulfide) groups is 1. The Morgan fingerprint density at radius 1 is 1.33 bits per heavy atom. The molecule has 7 heteroatoms. The van der Waals surface area contributed by atoms with Gasteiger partial charge in [0.2, 0.25) is 0 Å². The molecule has 2 heterocycles. The van der Waals surface area contributed by atoms with E-state index in [9.17, 15) is 10.1 Å². The van der Waals surface area contributed by atoms with Crippen LogP contribution in [0.3, 0.4) is 0 Å². The summed E-state index contributed by atoms with van der Waals surface area (Å²) in [4.78, 5) is 15.1. The highest BCUT2D eigenvalue weighted by atomic mass is 127. The second kappa shape index (κ2) is 8.52. The van der Waals surface area contributed by atoms with Gasteiger partial charge in [0.25, 0.3) is 0 Å². The zero-order chi connectivity index (χ0) is 21.4. The Kier molecular flexibility index (Phi) is 5.98. The van der Waals surface area contributed by atoms with E-state index in [1.54, 1.807) is 11.8 Å². The van der Waals surface area contributed by atoms with Gasteiger partial charge in [0, 0.05) is 32.5 Å². The lowest BCUT2D eigenvalue weighted by atomic mass is 9.76. The number of aryl methyl sites for hydroxylation is 1. The molecule has 1 aliphatic heterocycles. The van der Waals surface area contributed by atoms with Crippen molar-refractivity contribution in [3.8, 4) is 6.07 Å². The lowest BCUT2D eigenvalue weighted by Gasteiger charge is -2.39. The maximum atomic E-state index is 13.2. The van der Waals surface area contributed by atoms with Crippen molar-refractivity contribution >= 4 is 45.8 Å². The van der Waals surface area contributed by atoms with Crippen LogP contribution >= 0.6 is 34.4 Å². The van der Waals surface area contributed by atoms with Gasteiger partial charge in [-0.25, -0.2) is 0 Å². The van der Waals surface area contributed by atoms with Gasteiger partial charge in [0.15, 0.2) is 10.9 Å². The molecule has 1 unspecified atom stereocenters. The van der Waals surface area contributed by atoms with E-state index in [1.807, 2.05) is 42.2 Å². The largest absolute Gasteiger partial charge is 0.455 e. The van der Waals surface area contributed by atoms with Crippen molar-refractivity contribution in [2.45, 2.75) is 44.1 Å². The predicted molar refractivity (Wildman–Crippen MR) is 127 cm³/mol. The van der Waals surface area contributed by atoms with Gasteiger partial charge >= 0.3 is 0 Å². The average molecular weight is 531 g/mol. The number of nitriles is 1. The van der Waals surface area contributed by atoms with Crippen molar-refractivity contribution in [2.24, 2.45) is 5.73 Å². The molecule has 154 valence electrons. The molecule has 0 spiro atoms. The Morgan fingerprint density at radius 2 is 2.07 bits per heavy atom. The molecule has 1 aromatic carbocycles. The molecule has 1 aromatic heterocycles. The number of nitrogens with zero attached hydrogens (tertiary/aromatic N) is 2. The van der Waals surface area contributed by atoms with Gasteiger partial charge in [-0.2, -0.15) is 5.26 Å². The molecular weight excluding hydrogens is 509 g/mol. The number of furan rings is 1. The van der Waals surface area contributed by atoms with Crippen LogP contribution < -0.4 is 10.6 Å². The van der Waals surface area contributed by atoms with Gasteiger partial charge in [-0.3, -0.25) is 9.69 Å². The van der Waals surface area contributed by atoms with Gasteiger partial charge in [-0.15, -0.1) is 0 Å². The van der Waals surface area contributed by atoms with E-state index in [4.69, 9.17) is 10.2 Å². The SMILES string of the molecule is CCSc1oc(C)cc1C1C(C#N)=C(N)N(c2ccc(I)cc2)C2=C1C(=O)CCC2. The average Bonchev–Trinajstić information content (AvgIpc) is 3.08. The molecule has 0 saturated carbocycles. The molecule has 4 rings (SSSR count). The number of benzene rings is 1. The van der Waals surface area contributed by atoms with Crippen molar-refractivity contribution in [1.82, 2.24) is 0 Å². The summed E-state index contributed by atoms with van der Waals surface area (Å²) in [5.74, 6) is 1.60. The zero-order valence-corrected chi connectivity index (χ0v) is 19.8. The number of Topliss-reactive ketones (excluding diaryl/α,β-unsaturated/α-hetero) is 1. The summed E-state index contributed by atoms with van der Waals surface area (Å²) in [6.07, 6.45) is 2.01. The molecular formula is C23H22IN3O2S. The molecule has 5 nitrogen and oxygen atoms in total. The lowest BCUT2D eigenvalue weighted by molar-refractivity contribution is -0.116. The van der Waals surface area contributed by atoms with Crippen LogP contribution in [0.2, 0.25) is 0 Å². The van der Waals surface area contributed by atoms with Crippen molar-refractivity contribution < 1.29 is 9.21 Å². The Hall–Kier alpha value is -2.18. The molecule has 30 heavy (non-hydrogen) atoms. The molecule has 0 bridgehead atoms. The first-order valence-corrected chi connectivity index (χ1v) is 12.0. The third-order valence-corrected chi connectivity index (χ3v) is 7.02. The van der Waals surface area contributed by atoms with E-state index >= 15 is 0 Å². The minimum Gasteiger partial charge on any atom is -0.455 e. The molecule has 2 aromatic rings. The molecule has 0 amide bonds. The second-order valence-electron chi connectivity index (χ2n) is 7.33. The molecule has 0 fully saturated rings. The third kappa shape index (κ3) is 3.56. The summed E-state index contributed by atoms with van der Waals surface area (Å²) in [6, 6.07) is 12.2. The van der Waals surface area contributed by atoms with Crippen LogP contribution in [-0.2, 0) is 4.79 Å². The highest BCUT2D eigenvalue weighted by Gasteiger charge is 2.41. The second-order valence-corrected chi connectivity index (χ2v) is 9.81. The first kappa shape index (κ1) is 21.1. The van der Waals surface area contributed by atoms with E-state index < -0.39 is 5.92 Å². The number of hydrogen-bond donors (Lipinski definition) is 1. The Balaban J connectivity index is 1.96. The van der Waals surface area contributed by atoms with Gasteiger partial charge in [-0.1, -0.05) is 18.7 Å². The summed E-state index contributed by atoms with van der Waals surface area (Å²) in [6.45, 7) is 3.94. The number of rotatable bonds is 4. The number of halogens is 1. The zero-order valence-electron chi connectivity index (χ0n) is 16.9. The maximum Gasteiger partial charge on any atom is 0.164 e. The number of anilines is 1. The van der Waals surface area contributed by atoms with Crippen LogP contribution in [0.15, 0.2) is 62.5 Å². The van der Waals surface area contributed by atoms with E-state index in [-0.39, 0.29) is 5.78 Å². The molecule has 2 N–H and O–H groups in total. The summed E-state index contributed by atoms with van der Waals surface area (Å²) >= 11 is 3.84. The predicted octanol–water partition coefficient (Wildman–Crippen LogP) is 5.61. The minimum absolute atomic E-state index is 0.0864. The fourth-order valence-electron chi connectivity index (χ4n) is 4.24. The van der Waals surface area contributed by atoms with Gasteiger partial charge in [0.05, 0.1) is 17.6 Å². The highest BCUT2D eigenvalue weighted by molar-refractivity contribution is 14.1. The summed E-state index contributed by atoms with van der Waals surface area (Å²) in [5.41, 5.74) is 10.3. The van der Waals surface area contributed by atoms with Crippen LogP contribution in [0.4, 0.5) is 5.69 Å². The summed E-state index contributed by atoms with van der Waals surface area (Å²) in [5, 5.41) is 10.9. The lowest BCUT2D eigenvalue weighted by Crippen LogP contribution is -2.38.